The predicted octanol–water partition coefficient (Wildman–Crippen LogP) is 2.81. The highest BCUT2D eigenvalue weighted by Crippen LogP contribution is 2.32. The first-order valence-electron chi connectivity index (χ1n) is 9.75. The van der Waals surface area contributed by atoms with E-state index in [1.54, 1.807) is 12.1 Å². The number of ether oxygens (including phenoxy) is 1. The Hall–Kier alpha value is -2.92. The van der Waals surface area contributed by atoms with Crippen molar-refractivity contribution in [2.24, 2.45) is 4.99 Å². The number of aromatic hydroxyl groups is 2. The molecule has 0 aliphatic carbocycles. The molecule has 2 heterocycles. The highest BCUT2D eigenvalue weighted by Gasteiger charge is 2.33. The Kier molecular flexibility index (Phi) is 6.20. The standard InChI is InChI=1S/C23H19IN2O5S/c1-3-15-19(22(30)31-2)20(12-7-5-4-6-8-12)26-21(29)18(32-23(26)25-15)10-13-9-14(24)17(28)11-16(13)27/h4-11,20,27-28H,3H2,1-2H3/b18-10-/t20-/m1/s1. The number of benzene rings is 2. The lowest BCUT2D eigenvalue weighted by Crippen LogP contribution is -2.40. The number of nitrogens with zero attached hydrogens (tertiary/aromatic N) is 2. The van der Waals surface area contributed by atoms with Gasteiger partial charge in [-0.05, 0) is 46.7 Å². The van der Waals surface area contributed by atoms with Gasteiger partial charge in [-0.1, -0.05) is 48.6 Å². The number of hydrogen-bond acceptors (Lipinski definition) is 7. The monoisotopic (exact) mass is 562 g/mol. The molecule has 1 aromatic heterocycles. The van der Waals surface area contributed by atoms with Crippen molar-refractivity contribution < 1.29 is 19.7 Å². The summed E-state index contributed by atoms with van der Waals surface area (Å²) in [4.78, 5) is 31.3. The second-order valence-electron chi connectivity index (χ2n) is 7.06. The van der Waals surface area contributed by atoms with Crippen LogP contribution >= 0.6 is 33.9 Å². The topological polar surface area (TPSA) is 101 Å². The number of fused-ring (bicyclic) bond motifs is 1. The van der Waals surface area contributed by atoms with Gasteiger partial charge < -0.3 is 14.9 Å². The van der Waals surface area contributed by atoms with E-state index in [4.69, 9.17) is 4.74 Å². The summed E-state index contributed by atoms with van der Waals surface area (Å²) < 4.78 is 7.43. The Morgan fingerprint density at radius 1 is 1.25 bits per heavy atom. The van der Waals surface area contributed by atoms with Crippen LogP contribution in [0.3, 0.4) is 0 Å². The van der Waals surface area contributed by atoms with Gasteiger partial charge in [0.05, 0.1) is 32.5 Å². The summed E-state index contributed by atoms with van der Waals surface area (Å²) in [5.41, 5.74) is 1.74. The smallest absolute Gasteiger partial charge is 0.338 e. The second kappa shape index (κ2) is 8.91. The van der Waals surface area contributed by atoms with E-state index in [0.29, 0.717) is 36.2 Å². The van der Waals surface area contributed by atoms with Crippen molar-refractivity contribution in [2.75, 3.05) is 7.11 Å². The van der Waals surface area contributed by atoms with E-state index in [-0.39, 0.29) is 17.1 Å². The van der Waals surface area contributed by atoms with Gasteiger partial charge in [-0.3, -0.25) is 9.36 Å². The number of phenolic OH excluding ortho intramolecular Hbond substituents is 2. The van der Waals surface area contributed by atoms with Crippen molar-refractivity contribution in [1.29, 1.82) is 0 Å². The first-order chi connectivity index (χ1) is 15.3. The van der Waals surface area contributed by atoms with Crippen LogP contribution in [0.4, 0.5) is 0 Å². The van der Waals surface area contributed by atoms with E-state index in [1.807, 2.05) is 59.8 Å². The number of thiazole rings is 1. The minimum Gasteiger partial charge on any atom is -0.507 e. The van der Waals surface area contributed by atoms with Crippen molar-refractivity contribution in [3.63, 3.8) is 0 Å². The Balaban J connectivity index is 2.01. The van der Waals surface area contributed by atoms with Gasteiger partial charge in [0.1, 0.15) is 11.5 Å². The SMILES string of the molecule is CCC1=C(C(=O)OC)[C@@H](c2ccccc2)n2c(s/c(=C\c3cc(I)c(O)cc3O)c2=O)=N1. The molecule has 3 aromatic rings. The lowest BCUT2D eigenvalue weighted by atomic mass is 9.95. The molecule has 0 fully saturated rings. The molecule has 1 aliphatic heterocycles. The second-order valence-corrected chi connectivity index (χ2v) is 9.23. The molecule has 4 rings (SSSR count). The minimum atomic E-state index is -0.675. The van der Waals surface area contributed by atoms with Crippen LogP contribution in [0.15, 0.2) is 63.5 Å². The number of halogens is 1. The molecule has 0 saturated heterocycles. The van der Waals surface area contributed by atoms with E-state index < -0.39 is 12.0 Å². The van der Waals surface area contributed by atoms with Gasteiger partial charge in [0.15, 0.2) is 4.80 Å². The fourth-order valence-corrected chi connectivity index (χ4v) is 5.14. The Bertz CT molecular complexity index is 1420. The lowest BCUT2D eigenvalue weighted by molar-refractivity contribution is -0.136. The summed E-state index contributed by atoms with van der Waals surface area (Å²) in [5.74, 6) is -0.710. The number of carbonyl (C=O) groups is 1. The zero-order valence-electron chi connectivity index (χ0n) is 17.2. The number of carbonyl (C=O) groups excluding carboxylic acids is 1. The van der Waals surface area contributed by atoms with E-state index in [2.05, 4.69) is 4.99 Å². The number of phenols is 2. The molecule has 7 nitrogen and oxygen atoms in total. The molecule has 2 N–H and O–H groups in total. The Morgan fingerprint density at radius 2 is 1.97 bits per heavy atom. The van der Waals surface area contributed by atoms with Crippen LogP contribution in [-0.4, -0.2) is 27.9 Å². The molecule has 0 amide bonds. The van der Waals surface area contributed by atoms with Crippen LogP contribution in [0.5, 0.6) is 11.5 Å². The molecule has 0 saturated carbocycles. The molecule has 0 spiro atoms. The van der Waals surface area contributed by atoms with Crippen molar-refractivity contribution in [3.8, 4) is 11.5 Å². The van der Waals surface area contributed by atoms with Crippen molar-refractivity contribution in [2.45, 2.75) is 19.4 Å². The molecule has 164 valence electrons. The molecule has 0 radical (unpaired) electrons. The van der Waals surface area contributed by atoms with Crippen molar-refractivity contribution >= 4 is 46.0 Å². The zero-order chi connectivity index (χ0) is 23.0. The molecular weight excluding hydrogens is 543 g/mol. The molecular formula is C23H19IN2O5S. The number of allylic oxidation sites excluding steroid dienone is 1. The van der Waals surface area contributed by atoms with Gasteiger partial charge in [-0.2, -0.15) is 0 Å². The largest absolute Gasteiger partial charge is 0.507 e. The molecule has 2 aromatic carbocycles. The third kappa shape index (κ3) is 3.86. The predicted molar refractivity (Wildman–Crippen MR) is 129 cm³/mol. The van der Waals surface area contributed by atoms with Crippen LogP contribution in [-0.2, 0) is 9.53 Å². The number of esters is 1. The summed E-state index contributed by atoms with van der Waals surface area (Å²) in [6, 6.07) is 11.4. The first kappa shape index (κ1) is 22.3. The number of aromatic nitrogens is 1. The van der Waals surface area contributed by atoms with Crippen molar-refractivity contribution in [3.05, 3.63) is 88.1 Å². The summed E-state index contributed by atoms with van der Waals surface area (Å²) in [6.07, 6.45) is 2.06. The summed E-state index contributed by atoms with van der Waals surface area (Å²) >= 11 is 3.13. The van der Waals surface area contributed by atoms with Gasteiger partial charge >= 0.3 is 5.97 Å². The number of methoxy groups -OCH3 is 1. The molecule has 0 bridgehead atoms. The molecule has 1 aliphatic rings. The van der Waals surface area contributed by atoms with Crippen LogP contribution < -0.4 is 14.9 Å². The van der Waals surface area contributed by atoms with Gasteiger partial charge in [0.2, 0.25) is 0 Å². The summed E-state index contributed by atoms with van der Waals surface area (Å²) in [7, 11) is 1.31. The van der Waals surface area contributed by atoms with Gasteiger partial charge in [0.25, 0.3) is 5.56 Å². The fraction of sp³-hybridized carbons (Fsp3) is 0.174. The lowest BCUT2D eigenvalue weighted by Gasteiger charge is -2.25. The van der Waals surface area contributed by atoms with E-state index >= 15 is 0 Å². The molecule has 32 heavy (non-hydrogen) atoms. The van der Waals surface area contributed by atoms with E-state index in [9.17, 15) is 19.8 Å². The maximum absolute atomic E-state index is 13.5. The van der Waals surface area contributed by atoms with Crippen LogP contribution in [0.25, 0.3) is 6.08 Å². The summed E-state index contributed by atoms with van der Waals surface area (Å²) in [5, 5.41) is 20.0. The average Bonchev–Trinajstić information content (AvgIpc) is 3.11. The fourth-order valence-electron chi connectivity index (χ4n) is 3.64. The first-order valence-corrected chi connectivity index (χ1v) is 11.6. The third-order valence-corrected chi connectivity index (χ3v) is 7.00. The Labute approximate surface area is 200 Å². The van der Waals surface area contributed by atoms with Gasteiger partial charge in [0, 0.05) is 11.6 Å². The minimum absolute atomic E-state index is 0.0407. The van der Waals surface area contributed by atoms with Crippen LogP contribution in [0, 0.1) is 3.57 Å². The average molecular weight is 562 g/mol. The molecule has 0 unspecified atom stereocenters. The van der Waals surface area contributed by atoms with E-state index in [1.165, 1.54) is 29.1 Å². The number of hydrogen-bond donors (Lipinski definition) is 2. The highest BCUT2D eigenvalue weighted by atomic mass is 127. The number of rotatable bonds is 4. The third-order valence-electron chi connectivity index (χ3n) is 5.15. The van der Waals surface area contributed by atoms with E-state index in [0.717, 1.165) is 5.56 Å². The Morgan fingerprint density at radius 3 is 2.62 bits per heavy atom. The van der Waals surface area contributed by atoms with Gasteiger partial charge in [-0.15, -0.1) is 0 Å². The highest BCUT2D eigenvalue weighted by molar-refractivity contribution is 14.1. The van der Waals surface area contributed by atoms with Gasteiger partial charge in [-0.25, -0.2) is 9.79 Å². The van der Waals surface area contributed by atoms with Crippen molar-refractivity contribution in [1.82, 2.24) is 4.57 Å². The molecule has 9 heteroatoms. The van der Waals surface area contributed by atoms with Crippen LogP contribution in [0.2, 0.25) is 0 Å². The maximum Gasteiger partial charge on any atom is 0.338 e. The summed E-state index contributed by atoms with van der Waals surface area (Å²) in [6.45, 7) is 1.90. The normalized spacial score (nSPS) is 16.0. The molecule has 1 atom stereocenters. The maximum atomic E-state index is 13.5. The zero-order valence-corrected chi connectivity index (χ0v) is 20.2. The van der Waals surface area contributed by atoms with Crippen LogP contribution in [0.1, 0.15) is 30.5 Å². The quantitative estimate of drug-likeness (QED) is 0.377.